The molecular weight excluding hydrogens is 420 g/mol. The van der Waals surface area contributed by atoms with Crippen molar-refractivity contribution in [1.29, 1.82) is 5.26 Å². The van der Waals surface area contributed by atoms with E-state index in [1.165, 1.54) is 11.3 Å². The third kappa shape index (κ3) is 4.88. The molecule has 3 heterocycles. The van der Waals surface area contributed by atoms with Crippen LogP contribution in [0.2, 0.25) is 0 Å². The Balaban J connectivity index is 1.55. The second-order valence-corrected chi connectivity index (χ2v) is 10.4. The lowest BCUT2D eigenvalue weighted by atomic mass is 9.77. The fourth-order valence-electron chi connectivity index (χ4n) is 4.32. The molecule has 0 atom stereocenters. The highest BCUT2D eigenvalue weighted by Crippen LogP contribution is 2.47. The van der Waals surface area contributed by atoms with Gasteiger partial charge in [-0.25, -0.2) is 0 Å². The molecule has 4 rings (SSSR count). The van der Waals surface area contributed by atoms with Crippen LogP contribution in [0.25, 0.3) is 12.2 Å². The number of carbonyl (C=O) groups is 1. The maximum absolute atomic E-state index is 12.7. The number of likely N-dealkylation sites (N-methyl/N-ethyl adjacent to an activating group) is 1. The number of rotatable bonds is 5. The van der Waals surface area contributed by atoms with Crippen molar-refractivity contribution in [2.24, 2.45) is 0 Å². The molecule has 2 aromatic heterocycles. The predicted molar refractivity (Wildman–Crippen MR) is 130 cm³/mol. The summed E-state index contributed by atoms with van der Waals surface area (Å²) in [6.45, 7) is 10.4. The molecule has 6 nitrogen and oxygen atoms in total. The summed E-state index contributed by atoms with van der Waals surface area (Å²) in [6.07, 6.45) is 6.97. The lowest BCUT2D eigenvalue weighted by molar-refractivity contribution is -0.117. The number of carbonyl (C=O) groups excluding carboxylic acids is 1. The van der Waals surface area contributed by atoms with Gasteiger partial charge in [-0.05, 0) is 50.3 Å². The first-order valence-corrected chi connectivity index (χ1v) is 11.8. The van der Waals surface area contributed by atoms with Gasteiger partial charge in [-0.2, -0.15) is 5.26 Å². The number of furan rings is 1. The van der Waals surface area contributed by atoms with Crippen LogP contribution in [0.3, 0.4) is 0 Å². The summed E-state index contributed by atoms with van der Waals surface area (Å²) in [6, 6.07) is 6.24. The van der Waals surface area contributed by atoms with Gasteiger partial charge < -0.3 is 14.6 Å². The molecule has 2 aromatic rings. The molecule has 0 aromatic carbocycles. The number of hydrogen-bond donors (Lipinski definition) is 1. The van der Waals surface area contributed by atoms with Crippen LogP contribution in [0.4, 0.5) is 5.00 Å². The van der Waals surface area contributed by atoms with Crippen LogP contribution in [0.1, 0.15) is 47.8 Å². The zero-order valence-corrected chi connectivity index (χ0v) is 20.0. The zero-order valence-electron chi connectivity index (χ0n) is 19.2. The highest BCUT2D eigenvalue weighted by atomic mass is 32.1. The Morgan fingerprint density at radius 2 is 2.03 bits per heavy atom. The number of nitriles is 1. The van der Waals surface area contributed by atoms with Gasteiger partial charge in [0, 0.05) is 42.0 Å². The first-order valence-electron chi connectivity index (χ1n) is 11.0. The normalized spacial score (nSPS) is 18.9. The van der Waals surface area contributed by atoms with Crippen LogP contribution in [0.15, 0.2) is 28.2 Å². The van der Waals surface area contributed by atoms with E-state index in [9.17, 15) is 10.1 Å². The van der Waals surface area contributed by atoms with Crippen molar-refractivity contribution >= 4 is 34.4 Å². The van der Waals surface area contributed by atoms with E-state index in [1.54, 1.807) is 0 Å². The molecule has 1 aliphatic heterocycles. The number of nitrogens with one attached hydrogen (secondary N) is 1. The fraction of sp³-hybridized carbons (Fsp3) is 0.440. The van der Waals surface area contributed by atoms with Crippen molar-refractivity contribution in [3.05, 3.63) is 51.3 Å². The van der Waals surface area contributed by atoms with Crippen molar-refractivity contribution < 1.29 is 9.21 Å². The predicted octanol–water partition coefficient (Wildman–Crippen LogP) is 4.49. The van der Waals surface area contributed by atoms with Gasteiger partial charge in [0.1, 0.15) is 22.6 Å². The summed E-state index contributed by atoms with van der Waals surface area (Å²) >= 11 is 1.54. The van der Waals surface area contributed by atoms with Gasteiger partial charge in [-0.15, -0.1) is 11.3 Å². The molecule has 0 radical (unpaired) electrons. The molecule has 0 saturated carbocycles. The number of piperazine rings is 1. The molecule has 1 fully saturated rings. The Bertz CT molecular complexity index is 1110. The summed E-state index contributed by atoms with van der Waals surface area (Å²) in [5, 5.41) is 13.6. The number of fused-ring (bicyclic) bond motifs is 1. The first kappa shape index (κ1) is 22.5. The number of thiophene rings is 1. The molecule has 0 bridgehead atoms. The van der Waals surface area contributed by atoms with E-state index in [4.69, 9.17) is 4.42 Å². The minimum Gasteiger partial charge on any atom is -0.462 e. The lowest BCUT2D eigenvalue weighted by Gasteiger charge is -2.31. The quantitative estimate of drug-likeness (QED) is 0.727. The molecule has 32 heavy (non-hydrogen) atoms. The summed E-state index contributed by atoms with van der Waals surface area (Å²) in [5.74, 6) is 1.64. The van der Waals surface area contributed by atoms with Gasteiger partial charge in [0.25, 0.3) is 0 Å². The minimum atomic E-state index is -0.125. The number of nitrogens with zero attached hydrogens (tertiary/aromatic N) is 3. The number of hydrogen-bond acceptors (Lipinski definition) is 6. The minimum absolute atomic E-state index is 0.0558. The molecule has 168 valence electrons. The van der Waals surface area contributed by atoms with Crippen LogP contribution in [-0.4, -0.2) is 55.5 Å². The summed E-state index contributed by atoms with van der Waals surface area (Å²) in [7, 11) is 2.10. The van der Waals surface area contributed by atoms with Crippen LogP contribution in [0.5, 0.6) is 0 Å². The van der Waals surface area contributed by atoms with Gasteiger partial charge in [0.2, 0.25) is 5.91 Å². The Morgan fingerprint density at radius 1 is 1.28 bits per heavy atom. The molecule has 1 amide bonds. The third-order valence-electron chi connectivity index (χ3n) is 6.09. The van der Waals surface area contributed by atoms with Gasteiger partial charge in [-0.3, -0.25) is 9.69 Å². The van der Waals surface area contributed by atoms with E-state index < -0.39 is 0 Å². The largest absolute Gasteiger partial charge is 0.462 e. The first-order chi connectivity index (χ1) is 15.2. The summed E-state index contributed by atoms with van der Waals surface area (Å²) in [5.41, 5.74) is 2.50. The standard InChI is InChI=1S/C25H30N4O2S/c1-17-5-7-19(31-17)8-6-18-13-20-21(15-26)24(32-23(20)25(2,3)14-18)27-22(30)16-29-11-9-28(4)10-12-29/h5-8,13H,9-12,14,16H2,1-4H3,(H,27,30)/b8-6-. The number of allylic oxidation sites excluding steroid dienone is 2. The average Bonchev–Trinajstić information content (AvgIpc) is 3.31. The molecule has 0 spiro atoms. The topological polar surface area (TPSA) is 72.5 Å². The van der Waals surface area contributed by atoms with E-state index in [2.05, 4.69) is 54.2 Å². The van der Waals surface area contributed by atoms with Gasteiger partial charge in [0.05, 0.1) is 12.1 Å². The Hall–Kier alpha value is -2.66. The summed E-state index contributed by atoms with van der Waals surface area (Å²) in [4.78, 5) is 18.3. The number of aryl methyl sites for hydroxylation is 1. The van der Waals surface area contributed by atoms with E-state index in [1.807, 2.05) is 25.1 Å². The highest BCUT2D eigenvalue weighted by Gasteiger charge is 2.33. The molecule has 2 aliphatic rings. The Morgan fingerprint density at radius 3 is 2.69 bits per heavy atom. The Labute approximate surface area is 193 Å². The number of anilines is 1. The van der Waals surface area contributed by atoms with Crippen LogP contribution < -0.4 is 5.32 Å². The van der Waals surface area contributed by atoms with E-state index in [0.29, 0.717) is 17.1 Å². The van der Waals surface area contributed by atoms with E-state index >= 15 is 0 Å². The van der Waals surface area contributed by atoms with Crippen LogP contribution >= 0.6 is 11.3 Å². The maximum Gasteiger partial charge on any atom is 0.239 e. The van der Waals surface area contributed by atoms with Crippen molar-refractivity contribution in [3.8, 4) is 6.07 Å². The zero-order chi connectivity index (χ0) is 22.9. The molecule has 7 heteroatoms. The third-order valence-corrected chi connectivity index (χ3v) is 7.57. The number of amides is 1. The second-order valence-electron chi connectivity index (χ2n) is 9.35. The average molecular weight is 451 g/mol. The van der Waals surface area contributed by atoms with Gasteiger partial charge >= 0.3 is 0 Å². The van der Waals surface area contributed by atoms with Crippen molar-refractivity contribution in [3.63, 3.8) is 0 Å². The van der Waals surface area contributed by atoms with Crippen LogP contribution in [-0.2, 0) is 10.2 Å². The van der Waals surface area contributed by atoms with Crippen molar-refractivity contribution in [2.75, 3.05) is 45.1 Å². The van der Waals surface area contributed by atoms with Gasteiger partial charge in [0.15, 0.2) is 0 Å². The molecule has 1 aliphatic carbocycles. The molecule has 1 saturated heterocycles. The molecular formula is C25H30N4O2S. The van der Waals surface area contributed by atoms with E-state index in [-0.39, 0.29) is 11.3 Å². The fourth-order valence-corrected chi connectivity index (χ4v) is 5.57. The Kier molecular flexibility index (Phi) is 6.38. The molecule has 1 N–H and O–H groups in total. The second kappa shape index (κ2) is 9.07. The van der Waals surface area contributed by atoms with Crippen molar-refractivity contribution in [1.82, 2.24) is 9.80 Å². The smallest absolute Gasteiger partial charge is 0.239 e. The van der Waals surface area contributed by atoms with Crippen LogP contribution in [0, 0.1) is 18.3 Å². The van der Waals surface area contributed by atoms with Crippen molar-refractivity contribution in [2.45, 2.75) is 32.6 Å². The lowest BCUT2D eigenvalue weighted by Crippen LogP contribution is -2.47. The van der Waals surface area contributed by atoms with Gasteiger partial charge in [-0.1, -0.05) is 19.9 Å². The highest BCUT2D eigenvalue weighted by molar-refractivity contribution is 7.17. The van der Waals surface area contributed by atoms with E-state index in [0.717, 1.165) is 60.1 Å². The maximum atomic E-state index is 12.7. The summed E-state index contributed by atoms with van der Waals surface area (Å²) < 4.78 is 5.64. The monoisotopic (exact) mass is 450 g/mol. The molecule has 0 unspecified atom stereocenters. The SMILES string of the molecule is Cc1ccc(/C=C\C2=Cc3c(sc(NC(=O)CN4CCN(C)CC4)c3C#N)C(C)(C)C2)o1.